The summed E-state index contributed by atoms with van der Waals surface area (Å²) in [6.45, 7) is 8.72. The van der Waals surface area contributed by atoms with E-state index in [1.165, 1.54) is 11.1 Å². The summed E-state index contributed by atoms with van der Waals surface area (Å²) in [4.78, 5) is 20.2. The smallest absolute Gasteiger partial charge is 0.289 e. The van der Waals surface area contributed by atoms with E-state index in [1.54, 1.807) is 28.4 Å². The van der Waals surface area contributed by atoms with Gasteiger partial charge in [-0.15, -0.1) is 0 Å². The summed E-state index contributed by atoms with van der Waals surface area (Å²) in [6.07, 6.45) is 6.26. The van der Waals surface area contributed by atoms with Gasteiger partial charge < -0.3 is 57.4 Å². The minimum Gasteiger partial charge on any atom is -0.493 e. The van der Waals surface area contributed by atoms with Crippen molar-refractivity contribution in [2.24, 2.45) is 17.8 Å². The molecule has 0 bridgehead atoms. The van der Waals surface area contributed by atoms with Gasteiger partial charge in [-0.05, 0) is 121 Å². The molecule has 0 saturated carbocycles. The maximum Gasteiger partial charge on any atom is 0.289 e. The Bertz CT molecular complexity index is 2110. The molecule has 1 amide bonds. The van der Waals surface area contributed by atoms with E-state index in [1.807, 2.05) is 36.1 Å². The number of aliphatic hydroxyl groups is 1. The molecule has 5 aliphatic heterocycles. The van der Waals surface area contributed by atoms with Crippen molar-refractivity contribution in [3.63, 3.8) is 0 Å². The van der Waals surface area contributed by atoms with Crippen LogP contribution < -0.4 is 28.4 Å². The fourth-order valence-corrected chi connectivity index (χ4v) is 10.7. The van der Waals surface area contributed by atoms with Gasteiger partial charge in [-0.1, -0.05) is 19.4 Å². The molecule has 3 aromatic carbocycles. The van der Waals surface area contributed by atoms with Gasteiger partial charge in [-0.2, -0.15) is 0 Å². The number of ether oxygens (including phenoxy) is 10. The summed E-state index contributed by atoms with van der Waals surface area (Å²) in [5.74, 6) is 4.60. The SMILES string of the molecule is CCOC1OC(C(=O)N2CCc3cc(OC)c(OC)cc3C2CC2CC3c4cc(OC)c(OC)cc4CCN3CC2CC)=CC(c2ccc3c(c2)OCO3)C1CCOCCOCCO. The molecular weight excluding hydrogens is 821 g/mol. The number of hydrogen-bond donors (Lipinski definition) is 1. The largest absolute Gasteiger partial charge is 0.493 e. The second-order valence-electron chi connectivity index (χ2n) is 17.2. The van der Waals surface area contributed by atoms with Crippen molar-refractivity contribution in [2.75, 3.05) is 94.5 Å². The molecule has 8 rings (SSSR count). The van der Waals surface area contributed by atoms with E-state index >= 15 is 4.79 Å². The third kappa shape index (κ3) is 9.48. The maximum absolute atomic E-state index is 15.5. The molecule has 1 saturated heterocycles. The lowest BCUT2D eigenvalue weighted by atomic mass is 9.72. The Kier molecular flexibility index (Phi) is 15.1. The van der Waals surface area contributed by atoms with E-state index in [-0.39, 0.29) is 55.6 Å². The van der Waals surface area contributed by atoms with Crippen molar-refractivity contribution in [2.45, 2.75) is 76.7 Å². The molecule has 7 atom stereocenters. The highest BCUT2D eigenvalue weighted by Gasteiger charge is 2.45. The minimum absolute atomic E-state index is 0.0337. The van der Waals surface area contributed by atoms with Crippen molar-refractivity contribution in [1.29, 1.82) is 0 Å². The summed E-state index contributed by atoms with van der Waals surface area (Å²) in [6, 6.07) is 14.4. The second-order valence-corrected chi connectivity index (χ2v) is 17.2. The molecular formula is C50H66N2O12. The first kappa shape index (κ1) is 45.8. The first-order valence-electron chi connectivity index (χ1n) is 23.0. The van der Waals surface area contributed by atoms with E-state index in [4.69, 9.17) is 52.5 Å². The van der Waals surface area contributed by atoms with Gasteiger partial charge in [0.2, 0.25) is 13.1 Å². The molecule has 5 aliphatic rings. The zero-order chi connectivity index (χ0) is 44.7. The highest BCUT2D eigenvalue weighted by Crippen LogP contribution is 2.50. The Morgan fingerprint density at radius 1 is 0.781 bits per heavy atom. The number of nitrogens with zero attached hydrogens (tertiary/aromatic N) is 2. The van der Waals surface area contributed by atoms with Crippen molar-refractivity contribution < 1.29 is 57.3 Å². The number of amides is 1. The zero-order valence-corrected chi connectivity index (χ0v) is 38.3. The van der Waals surface area contributed by atoms with E-state index in [9.17, 15) is 0 Å². The highest BCUT2D eigenvalue weighted by molar-refractivity contribution is 5.92. The predicted octanol–water partition coefficient (Wildman–Crippen LogP) is 7.00. The van der Waals surface area contributed by atoms with Crippen LogP contribution in [0.2, 0.25) is 0 Å². The summed E-state index contributed by atoms with van der Waals surface area (Å²) >= 11 is 0. The van der Waals surface area contributed by atoms with Gasteiger partial charge in [0.25, 0.3) is 5.91 Å². The number of aliphatic hydroxyl groups excluding tert-OH is 1. The van der Waals surface area contributed by atoms with Gasteiger partial charge in [0.15, 0.2) is 40.3 Å². The van der Waals surface area contributed by atoms with Crippen LogP contribution in [0.5, 0.6) is 34.5 Å². The lowest BCUT2D eigenvalue weighted by molar-refractivity contribution is -0.173. The number of piperidine rings is 1. The van der Waals surface area contributed by atoms with Gasteiger partial charge in [0.05, 0.1) is 60.9 Å². The summed E-state index contributed by atoms with van der Waals surface area (Å²) in [7, 11) is 6.72. The second kappa shape index (κ2) is 21.1. The van der Waals surface area contributed by atoms with Crippen LogP contribution >= 0.6 is 0 Å². The van der Waals surface area contributed by atoms with Crippen LogP contribution in [0.25, 0.3) is 0 Å². The Labute approximate surface area is 377 Å². The zero-order valence-electron chi connectivity index (χ0n) is 38.3. The Morgan fingerprint density at radius 3 is 2.16 bits per heavy atom. The average Bonchev–Trinajstić information content (AvgIpc) is 3.81. The molecule has 1 N–H and O–H groups in total. The van der Waals surface area contributed by atoms with Crippen LogP contribution in [0.4, 0.5) is 0 Å². The summed E-state index contributed by atoms with van der Waals surface area (Å²) < 4.78 is 59.2. The van der Waals surface area contributed by atoms with Crippen molar-refractivity contribution in [1.82, 2.24) is 9.80 Å². The van der Waals surface area contributed by atoms with E-state index in [2.05, 4.69) is 36.1 Å². The molecule has 14 heteroatoms. The fraction of sp³-hybridized carbons (Fsp3) is 0.580. The molecule has 0 radical (unpaired) electrons. The van der Waals surface area contributed by atoms with E-state index < -0.39 is 6.29 Å². The van der Waals surface area contributed by atoms with Crippen LogP contribution in [0.3, 0.4) is 0 Å². The third-order valence-corrected chi connectivity index (χ3v) is 14.0. The van der Waals surface area contributed by atoms with E-state index in [0.717, 1.165) is 67.0 Å². The van der Waals surface area contributed by atoms with Crippen LogP contribution in [0.15, 0.2) is 54.3 Å². The number of fused-ring (bicyclic) bond motifs is 5. The molecule has 3 aromatic rings. The molecule has 1 fully saturated rings. The first-order chi connectivity index (χ1) is 31.3. The number of benzene rings is 3. The van der Waals surface area contributed by atoms with Crippen LogP contribution in [0.1, 0.15) is 85.3 Å². The van der Waals surface area contributed by atoms with Gasteiger partial charge in [-0.3, -0.25) is 9.69 Å². The predicted molar refractivity (Wildman–Crippen MR) is 238 cm³/mol. The molecule has 64 heavy (non-hydrogen) atoms. The Morgan fingerprint density at radius 2 is 1.45 bits per heavy atom. The number of allylic oxidation sites excluding steroid dienone is 1. The molecule has 348 valence electrons. The Balaban J connectivity index is 1.14. The minimum atomic E-state index is -0.714. The summed E-state index contributed by atoms with van der Waals surface area (Å²) in [5, 5.41) is 9.09. The molecule has 14 nitrogen and oxygen atoms in total. The molecule has 0 spiro atoms. The standard InChI is InChI=1S/C50H66N2O12/c1-7-31-29-51-14-11-33-23-43(55-3)45(57-5)27-38(33)40(51)21-35(31)22-41-39-28-46(58-6)44(56-4)24-34(39)12-15-52(41)49(54)48-26-37(32-9-10-42-47(25-32)63-30-62-42)36(50(64-48)61-8-2)13-17-59-19-20-60-18-16-53/h9-10,23-28,31,35-37,40-41,50,53H,7-8,11-22,29-30H2,1-6H3. The van der Waals surface area contributed by atoms with Crippen molar-refractivity contribution in [3.8, 4) is 34.5 Å². The van der Waals surface area contributed by atoms with Crippen LogP contribution in [0, 0.1) is 17.8 Å². The van der Waals surface area contributed by atoms with Crippen LogP contribution in [-0.2, 0) is 36.6 Å². The Hall–Kier alpha value is -4.73. The lowest BCUT2D eigenvalue weighted by Gasteiger charge is -2.49. The van der Waals surface area contributed by atoms with E-state index in [0.29, 0.717) is 80.6 Å². The quantitative estimate of drug-likeness (QED) is 0.124. The fourth-order valence-electron chi connectivity index (χ4n) is 10.7. The first-order valence-corrected chi connectivity index (χ1v) is 23.0. The number of hydrogen-bond acceptors (Lipinski definition) is 13. The maximum atomic E-state index is 15.5. The monoisotopic (exact) mass is 886 g/mol. The lowest BCUT2D eigenvalue weighted by Crippen LogP contribution is -2.48. The topological polar surface area (TPSA) is 136 Å². The van der Waals surface area contributed by atoms with Gasteiger partial charge in [0, 0.05) is 50.7 Å². The molecule has 7 unspecified atom stereocenters. The normalized spacial score (nSPS) is 24.8. The molecule has 5 heterocycles. The number of methoxy groups -OCH3 is 4. The third-order valence-electron chi connectivity index (χ3n) is 14.0. The van der Waals surface area contributed by atoms with Crippen molar-refractivity contribution >= 4 is 5.91 Å². The van der Waals surface area contributed by atoms with Crippen LogP contribution in [-0.4, -0.2) is 122 Å². The number of carbonyl (C=O) groups is 1. The van der Waals surface area contributed by atoms with Gasteiger partial charge >= 0.3 is 0 Å². The molecule has 0 aliphatic carbocycles. The van der Waals surface area contributed by atoms with Gasteiger partial charge in [0.1, 0.15) is 0 Å². The number of rotatable bonds is 19. The highest BCUT2D eigenvalue weighted by atomic mass is 16.7. The summed E-state index contributed by atoms with van der Waals surface area (Å²) in [5.41, 5.74) is 5.81. The van der Waals surface area contributed by atoms with Crippen molar-refractivity contribution in [3.05, 3.63) is 82.1 Å². The molecule has 0 aromatic heterocycles. The average molecular weight is 887 g/mol. The number of carbonyl (C=O) groups excluding carboxylic acids is 1. The van der Waals surface area contributed by atoms with Gasteiger partial charge in [-0.25, -0.2) is 0 Å².